The number of likely N-dealkylation sites (tertiary alicyclic amines) is 1. The fraction of sp³-hybridized carbons (Fsp3) is 0.500. The molecule has 3 atom stereocenters. The molecule has 3 N–H and O–H groups in total. The first-order chi connectivity index (χ1) is 18.3. The number of aliphatic hydroxyl groups excluding tert-OH is 1. The van der Waals surface area contributed by atoms with Crippen molar-refractivity contribution in [3.8, 4) is 0 Å². The van der Waals surface area contributed by atoms with Crippen LogP contribution in [-0.4, -0.2) is 101 Å². The molecule has 1 saturated heterocycles. The highest BCUT2D eigenvalue weighted by Crippen LogP contribution is 2.20. The van der Waals surface area contributed by atoms with E-state index in [0.29, 0.717) is 25.3 Å². The number of hydrogen-bond acceptors (Lipinski definition) is 9. The molecule has 1 aromatic carbocycles. The Morgan fingerprint density at radius 3 is 2.82 bits per heavy atom. The third-order valence-electron chi connectivity index (χ3n) is 6.78. The Kier molecular flexibility index (Phi) is 9.19. The minimum absolute atomic E-state index is 0.0780. The van der Waals surface area contributed by atoms with E-state index in [-0.39, 0.29) is 30.4 Å². The number of aliphatic hydroxyl groups is 1. The van der Waals surface area contributed by atoms with E-state index in [9.17, 15) is 19.1 Å². The molecule has 4 rings (SSSR count). The zero-order chi connectivity index (χ0) is 27.1. The van der Waals surface area contributed by atoms with E-state index < -0.39 is 24.2 Å². The maximum atomic E-state index is 14.9. The van der Waals surface area contributed by atoms with E-state index in [0.717, 1.165) is 19.5 Å². The first-order valence-electron chi connectivity index (χ1n) is 12.7. The molecule has 1 fully saturated rings. The normalized spacial score (nSPS) is 20.8. The molecule has 0 spiro atoms. The van der Waals surface area contributed by atoms with Crippen molar-refractivity contribution in [3.05, 3.63) is 53.5 Å². The number of oxime groups is 1. The zero-order valence-electron chi connectivity index (χ0n) is 21.6. The zero-order valence-corrected chi connectivity index (χ0v) is 21.6. The van der Waals surface area contributed by atoms with Gasteiger partial charge < -0.3 is 25.5 Å². The van der Waals surface area contributed by atoms with E-state index in [1.54, 1.807) is 0 Å². The number of piperidine rings is 1. The first kappa shape index (κ1) is 27.4. The number of fused-ring (bicyclic) bond motifs is 1. The van der Waals surface area contributed by atoms with Crippen LogP contribution in [-0.2, 0) is 22.6 Å². The van der Waals surface area contributed by atoms with Gasteiger partial charge in [0.1, 0.15) is 36.8 Å². The van der Waals surface area contributed by atoms with Gasteiger partial charge in [0.15, 0.2) is 0 Å². The monoisotopic (exact) mass is 527 g/mol. The van der Waals surface area contributed by atoms with Gasteiger partial charge in [0, 0.05) is 38.8 Å². The molecular formula is C26H34FN7O4. The lowest BCUT2D eigenvalue weighted by molar-refractivity contribution is -0.126. The molecule has 0 bridgehead atoms. The largest absolute Gasteiger partial charge is 0.399 e. The summed E-state index contributed by atoms with van der Waals surface area (Å²) in [5.41, 5.74) is 2.86. The lowest BCUT2D eigenvalue weighted by Gasteiger charge is -2.35. The van der Waals surface area contributed by atoms with Crippen molar-refractivity contribution >= 4 is 23.3 Å². The number of rotatable bonds is 9. The number of β-amino-alcohol motifs (C(OH)–C–C–N with tert-alkyl or cyclic N) is 1. The van der Waals surface area contributed by atoms with Gasteiger partial charge in [-0.05, 0) is 30.9 Å². The molecule has 2 amide bonds. The van der Waals surface area contributed by atoms with E-state index in [1.165, 1.54) is 42.5 Å². The standard InChI is InChI=1S/C26H34FN7O4/c1-17(32-38-2)26(37)34-10-8-22(21(27)15-34)31-24-11-23(29-16-30-24)25(36)28-12-20(35)14-33-9-7-18-5-3-4-6-19(18)13-33/h3-6,11,16,20-22,35H,7-10,12-15H2,1-2H3,(H,28,36)(H,29,30,31)/b32-17+/t20-,21?,22?/m0/s1. The summed E-state index contributed by atoms with van der Waals surface area (Å²) in [4.78, 5) is 41.3. The van der Waals surface area contributed by atoms with Crippen molar-refractivity contribution in [2.45, 2.75) is 44.6 Å². The van der Waals surface area contributed by atoms with Gasteiger partial charge in [-0.25, -0.2) is 14.4 Å². The number of aromatic nitrogens is 2. The minimum atomic E-state index is -1.34. The number of amides is 2. The lowest BCUT2D eigenvalue weighted by atomic mass is 10.00. The van der Waals surface area contributed by atoms with Gasteiger partial charge in [-0.1, -0.05) is 29.4 Å². The summed E-state index contributed by atoms with van der Waals surface area (Å²) >= 11 is 0. The average molecular weight is 528 g/mol. The summed E-state index contributed by atoms with van der Waals surface area (Å²) in [6.45, 7) is 3.91. The molecule has 3 heterocycles. The van der Waals surface area contributed by atoms with Crippen LogP contribution in [0.3, 0.4) is 0 Å². The molecule has 2 unspecified atom stereocenters. The number of halogens is 1. The van der Waals surface area contributed by atoms with Crippen LogP contribution in [0.15, 0.2) is 41.8 Å². The second kappa shape index (κ2) is 12.7. The molecule has 38 heavy (non-hydrogen) atoms. The summed E-state index contributed by atoms with van der Waals surface area (Å²) in [6.07, 6.45) is 0.442. The highest BCUT2D eigenvalue weighted by atomic mass is 19.1. The Balaban J connectivity index is 1.25. The van der Waals surface area contributed by atoms with Crippen LogP contribution in [0, 0.1) is 0 Å². The highest BCUT2D eigenvalue weighted by Gasteiger charge is 2.32. The van der Waals surface area contributed by atoms with E-state index in [1.807, 2.05) is 12.1 Å². The van der Waals surface area contributed by atoms with Crippen molar-refractivity contribution in [1.82, 2.24) is 25.1 Å². The van der Waals surface area contributed by atoms with Crippen LogP contribution in [0.1, 0.15) is 35.0 Å². The molecular weight excluding hydrogens is 493 g/mol. The van der Waals surface area contributed by atoms with E-state index in [2.05, 4.69) is 47.6 Å². The van der Waals surface area contributed by atoms with Gasteiger partial charge >= 0.3 is 0 Å². The maximum absolute atomic E-state index is 14.9. The van der Waals surface area contributed by atoms with Gasteiger partial charge in [-0.3, -0.25) is 14.5 Å². The van der Waals surface area contributed by atoms with Gasteiger partial charge in [-0.15, -0.1) is 0 Å². The van der Waals surface area contributed by atoms with Crippen LogP contribution >= 0.6 is 0 Å². The number of nitrogens with one attached hydrogen (secondary N) is 2. The number of anilines is 1. The van der Waals surface area contributed by atoms with Gasteiger partial charge in [-0.2, -0.15) is 0 Å². The van der Waals surface area contributed by atoms with Crippen molar-refractivity contribution in [2.75, 3.05) is 45.2 Å². The van der Waals surface area contributed by atoms with Gasteiger partial charge in [0.25, 0.3) is 11.8 Å². The van der Waals surface area contributed by atoms with Crippen molar-refractivity contribution < 1.29 is 23.9 Å². The number of carbonyl (C=O) groups is 2. The molecule has 0 aliphatic carbocycles. The summed E-state index contributed by atoms with van der Waals surface area (Å²) in [7, 11) is 1.35. The Bertz CT molecular complexity index is 1160. The molecule has 0 saturated carbocycles. The fourth-order valence-corrected chi connectivity index (χ4v) is 4.78. The second-order valence-corrected chi connectivity index (χ2v) is 9.57. The predicted octanol–water partition coefficient (Wildman–Crippen LogP) is 0.999. The van der Waals surface area contributed by atoms with Crippen molar-refractivity contribution in [2.24, 2.45) is 5.16 Å². The minimum Gasteiger partial charge on any atom is -0.399 e. The molecule has 0 radical (unpaired) electrons. The summed E-state index contributed by atoms with van der Waals surface area (Å²) in [5, 5.41) is 19.8. The Labute approximate surface area is 221 Å². The molecule has 2 aliphatic rings. The topological polar surface area (TPSA) is 132 Å². The summed E-state index contributed by atoms with van der Waals surface area (Å²) in [5.74, 6) is -0.521. The quantitative estimate of drug-likeness (QED) is 0.325. The Morgan fingerprint density at radius 2 is 2.05 bits per heavy atom. The SMILES string of the molecule is CO/N=C(\C)C(=O)N1CCC(Nc2cc(C(=O)NC[C@H](O)CN3CCc4ccccc4C3)ncn2)C(F)C1. The number of alkyl halides is 1. The van der Waals surface area contributed by atoms with Gasteiger partial charge in [0.2, 0.25) is 0 Å². The number of nitrogens with zero attached hydrogens (tertiary/aromatic N) is 5. The number of benzene rings is 1. The second-order valence-electron chi connectivity index (χ2n) is 9.57. The van der Waals surface area contributed by atoms with Crippen LogP contribution in [0.25, 0.3) is 0 Å². The number of hydrogen-bond donors (Lipinski definition) is 3. The van der Waals surface area contributed by atoms with Crippen LogP contribution in [0.5, 0.6) is 0 Å². The summed E-state index contributed by atoms with van der Waals surface area (Å²) in [6, 6.07) is 9.15. The molecule has 12 heteroatoms. The smallest absolute Gasteiger partial charge is 0.271 e. The van der Waals surface area contributed by atoms with Crippen LogP contribution in [0.4, 0.5) is 10.2 Å². The Hall–Kier alpha value is -3.64. The predicted molar refractivity (Wildman–Crippen MR) is 139 cm³/mol. The van der Waals surface area contributed by atoms with Crippen LogP contribution < -0.4 is 10.6 Å². The lowest BCUT2D eigenvalue weighted by Crippen LogP contribution is -2.51. The number of carbonyl (C=O) groups excluding carboxylic acids is 2. The first-order valence-corrected chi connectivity index (χ1v) is 12.7. The van der Waals surface area contributed by atoms with Crippen molar-refractivity contribution in [1.29, 1.82) is 0 Å². The van der Waals surface area contributed by atoms with E-state index >= 15 is 0 Å². The maximum Gasteiger partial charge on any atom is 0.271 e. The third-order valence-corrected chi connectivity index (χ3v) is 6.78. The van der Waals surface area contributed by atoms with Gasteiger partial charge in [0.05, 0.1) is 18.7 Å². The third kappa shape index (κ3) is 7.01. The van der Waals surface area contributed by atoms with Crippen LogP contribution in [0.2, 0.25) is 0 Å². The fourth-order valence-electron chi connectivity index (χ4n) is 4.78. The highest BCUT2D eigenvalue weighted by molar-refractivity contribution is 6.37. The summed E-state index contributed by atoms with van der Waals surface area (Å²) < 4.78 is 14.9. The molecule has 2 aromatic rings. The van der Waals surface area contributed by atoms with E-state index in [4.69, 9.17) is 0 Å². The molecule has 2 aliphatic heterocycles. The average Bonchev–Trinajstić information content (AvgIpc) is 2.92. The molecule has 11 nitrogen and oxygen atoms in total. The molecule has 204 valence electrons. The molecule has 1 aromatic heterocycles. The van der Waals surface area contributed by atoms with Crippen molar-refractivity contribution in [3.63, 3.8) is 0 Å². The Morgan fingerprint density at radius 1 is 1.26 bits per heavy atom.